The van der Waals surface area contributed by atoms with Crippen LogP contribution in [0.4, 0.5) is 0 Å². The molecule has 12 nitrogen and oxygen atoms in total. The number of aromatic amines is 1. The molecule has 2 saturated carbocycles. The number of azide groups is 1. The summed E-state index contributed by atoms with van der Waals surface area (Å²) in [5, 5.41) is 4.55. The van der Waals surface area contributed by atoms with E-state index >= 15 is 0 Å². The normalized spacial score (nSPS) is 14.9. The van der Waals surface area contributed by atoms with Crippen molar-refractivity contribution in [2.24, 2.45) is 5.11 Å². The zero-order chi connectivity index (χ0) is 25.5. The molecular formula is C22H24N6O6S2. The largest absolute Gasteiger partial charge is 0.467 e. The number of carbonyl (C=O) groups excluding carboxylic acids is 2. The highest BCUT2D eigenvalue weighted by molar-refractivity contribution is 7.20. The molecule has 0 aromatic carbocycles. The summed E-state index contributed by atoms with van der Waals surface area (Å²) in [6, 6.07) is 1.75. The highest BCUT2D eigenvalue weighted by atomic mass is 32.1. The third-order valence-electron chi connectivity index (χ3n) is 4.66. The predicted octanol–water partition coefficient (Wildman–Crippen LogP) is 5.24. The molecule has 0 unspecified atom stereocenters. The molecule has 0 saturated heterocycles. The number of carbonyl (C=O) groups is 2. The van der Waals surface area contributed by atoms with Crippen molar-refractivity contribution in [3.8, 4) is 10.4 Å². The van der Waals surface area contributed by atoms with E-state index in [-0.39, 0.29) is 24.4 Å². The van der Waals surface area contributed by atoms with Crippen molar-refractivity contribution < 1.29 is 28.5 Å². The quantitative estimate of drug-likeness (QED) is 0.122. The summed E-state index contributed by atoms with van der Waals surface area (Å²) < 4.78 is 21.7. The van der Waals surface area contributed by atoms with E-state index in [1.54, 1.807) is 26.1 Å². The van der Waals surface area contributed by atoms with Crippen LogP contribution >= 0.6 is 22.7 Å². The lowest BCUT2D eigenvalue weighted by atomic mass is 10.4. The Balaban J connectivity index is 0.000000170. The van der Waals surface area contributed by atoms with Crippen molar-refractivity contribution in [2.45, 2.75) is 51.7 Å². The summed E-state index contributed by atoms with van der Waals surface area (Å²) in [4.78, 5) is 37.6. The van der Waals surface area contributed by atoms with E-state index in [1.807, 2.05) is 0 Å². The molecule has 0 bridgehead atoms. The molecule has 36 heavy (non-hydrogen) atoms. The Labute approximate surface area is 213 Å². The number of nitrogens with zero attached hydrogens (tertiary/aromatic N) is 5. The van der Waals surface area contributed by atoms with E-state index in [1.165, 1.54) is 28.7 Å². The summed E-state index contributed by atoms with van der Waals surface area (Å²) in [5.41, 5.74) is 9.48. The molecule has 0 atom stereocenters. The first kappa shape index (κ1) is 25.5. The summed E-state index contributed by atoms with van der Waals surface area (Å²) in [6.45, 7) is 4.05. The monoisotopic (exact) mass is 532 g/mol. The van der Waals surface area contributed by atoms with Gasteiger partial charge < -0.3 is 23.9 Å². The lowest BCUT2D eigenvalue weighted by Crippen LogP contribution is -2.05. The number of nitrogens with one attached hydrogen (secondary N) is 1. The highest BCUT2D eigenvalue weighted by Gasteiger charge is 2.26. The van der Waals surface area contributed by atoms with Crippen molar-refractivity contribution in [1.29, 1.82) is 0 Å². The number of fused-ring (bicyclic) bond motifs is 1. The number of rotatable bonds is 10. The van der Waals surface area contributed by atoms with Crippen LogP contribution in [0, 0.1) is 0 Å². The molecule has 0 aliphatic heterocycles. The highest BCUT2D eigenvalue weighted by Crippen LogP contribution is 2.33. The Kier molecular flexibility index (Phi) is 8.41. The fraction of sp³-hybridized carbons (Fsp3) is 0.455. The second kappa shape index (κ2) is 11.9. The van der Waals surface area contributed by atoms with Crippen LogP contribution in [0.15, 0.2) is 23.1 Å². The maximum absolute atomic E-state index is 11.5. The standard InChI is InChI=1S/C11H12N4O3S.C11H12N2O3S/c1-2-17-10(16)9(14-15-12)5-8-6-13-11(19-8)18-7-3-4-7;1-2-15-10(14)7-5-8-9(12-7)13-11(17-8)16-6-3-4-6/h5-7H,2-4H2,1H3;5-6,12H,2-4H2,1H3/b9-5-;. The smallest absolute Gasteiger partial charge is 0.354 e. The molecule has 14 heteroatoms. The molecule has 3 aromatic heterocycles. The van der Waals surface area contributed by atoms with Gasteiger partial charge in [-0.25, -0.2) is 14.6 Å². The van der Waals surface area contributed by atoms with Crippen molar-refractivity contribution in [1.82, 2.24) is 15.0 Å². The summed E-state index contributed by atoms with van der Waals surface area (Å²) in [6.07, 6.45) is 7.95. The van der Waals surface area contributed by atoms with Gasteiger partial charge in [0.05, 0.1) is 22.8 Å². The number of H-pyrrole nitrogens is 1. The second-order valence-electron chi connectivity index (χ2n) is 7.70. The van der Waals surface area contributed by atoms with E-state index in [4.69, 9.17) is 24.5 Å². The molecule has 3 heterocycles. The van der Waals surface area contributed by atoms with Crippen LogP contribution in [-0.2, 0) is 14.3 Å². The minimum absolute atomic E-state index is 0.0917. The van der Waals surface area contributed by atoms with Gasteiger partial charge in [0, 0.05) is 11.1 Å². The van der Waals surface area contributed by atoms with Gasteiger partial charge in [-0.3, -0.25) is 0 Å². The molecule has 2 aliphatic rings. The van der Waals surface area contributed by atoms with Gasteiger partial charge in [0.1, 0.15) is 23.6 Å². The lowest BCUT2D eigenvalue weighted by Gasteiger charge is -1.99. The molecule has 3 aromatic rings. The Morgan fingerprint density at radius 3 is 2.44 bits per heavy atom. The van der Waals surface area contributed by atoms with Gasteiger partial charge >= 0.3 is 11.9 Å². The molecule has 0 spiro atoms. The van der Waals surface area contributed by atoms with Gasteiger partial charge in [-0.05, 0) is 57.2 Å². The van der Waals surface area contributed by atoms with Crippen LogP contribution in [0.5, 0.6) is 10.4 Å². The Hall–Kier alpha value is -3.61. The van der Waals surface area contributed by atoms with Gasteiger partial charge in [0.15, 0.2) is 5.65 Å². The molecule has 5 rings (SSSR count). The van der Waals surface area contributed by atoms with Gasteiger partial charge in [-0.2, -0.15) is 4.98 Å². The first-order chi connectivity index (χ1) is 17.5. The maximum Gasteiger partial charge on any atom is 0.354 e. The van der Waals surface area contributed by atoms with Crippen LogP contribution in [0.3, 0.4) is 0 Å². The average molecular weight is 533 g/mol. The van der Waals surface area contributed by atoms with E-state index in [0.717, 1.165) is 30.4 Å². The Morgan fingerprint density at radius 1 is 1.14 bits per heavy atom. The predicted molar refractivity (Wildman–Crippen MR) is 133 cm³/mol. The number of thiazole rings is 2. The van der Waals surface area contributed by atoms with E-state index in [0.29, 0.717) is 39.3 Å². The SMILES string of the molecule is CCOC(=O)/C(=C/c1cnc(OC2CC2)s1)N=[N+]=[N-].CCOC(=O)c1cc2sc(OC3CC3)nc2[nH]1. The van der Waals surface area contributed by atoms with Crippen molar-refractivity contribution in [3.63, 3.8) is 0 Å². The minimum atomic E-state index is -0.654. The molecule has 190 valence electrons. The summed E-state index contributed by atoms with van der Waals surface area (Å²) >= 11 is 2.74. The number of esters is 2. The van der Waals surface area contributed by atoms with E-state index in [9.17, 15) is 9.59 Å². The number of hydrogen-bond acceptors (Lipinski definition) is 11. The zero-order valence-electron chi connectivity index (χ0n) is 19.6. The van der Waals surface area contributed by atoms with Gasteiger partial charge in [-0.15, -0.1) is 0 Å². The van der Waals surface area contributed by atoms with Crippen LogP contribution < -0.4 is 9.47 Å². The first-order valence-electron chi connectivity index (χ1n) is 11.4. The molecular weight excluding hydrogens is 508 g/mol. The number of hydrogen-bond donors (Lipinski definition) is 1. The topological polar surface area (TPSA) is 161 Å². The van der Waals surface area contributed by atoms with Gasteiger partial charge in [0.25, 0.3) is 10.4 Å². The fourth-order valence-corrected chi connectivity index (χ4v) is 4.37. The van der Waals surface area contributed by atoms with Crippen LogP contribution in [0.1, 0.15) is 54.9 Å². The van der Waals surface area contributed by atoms with E-state index < -0.39 is 5.97 Å². The molecule has 1 N–H and O–H groups in total. The van der Waals surface area contributed by atoms with Crippen molar-refractivity contribution in [2.75, 3.05) is 13.2 Å². The summed E-state index contributed by atoms with van der Waals surface area (Å²) in [7, 11) is 0. The molecule has 2 aliphatic carbocycles. The van der Waals surface area contributed by atoms with Gasteiger partial charge in [0.2, 0.25) is 0 Å². The molecule has 0 radical (unpaired) electrons. The van der Waals surface area contributed by atoms with E-state index in [2.05, 4.69) is 25.0 Å². The maximum atomic E-state index is 11.5. The zero-order valence-corrected chi connectivity index (χ0v) is 21.3. The number of aromatic nitrogens is 3. The van der Waals surface area contributed by atoms with Crippen LogP contribution in [0.2, 0.25) is 0 Å². The Morgan fingerprint density at radius 2 is 1.83 bits per heavy atom. The molecule has 0 amide bonds. The second-order valence-corrected chi connectivity index (χ2v) is 9.72. The third-order valence-corrected chi connectivity index (χ3v) is 6.39. The third kappa shape index (κ3) is 7.20. The lowest BCUT2D eigenvalue weighted by molar-refractivity contribution is -0.138. The average Bonchev–Trinajstić information content (AvgIpc) is 3.71. The number of ether oxygens (including phenoxy) is 4. The first-order valence-corrected chi connectivity index (χ1v) is 13.0. The summed E-state index contributed by atoms with van der Waals surface area (Å²) in [5.74, 6) is -0.999. The van der Waals surface area contributed by atoms with Crippen molar-refractivity contribution >= 4 is 51.0 Å². The van der Waals surface area contributed by atoms with Crippen LogP contribution in [0.25, 0.3) is 26.9 Å². The van der Waals surface area contributed by atoms with Crippen LogP contribution in [-0.4, -0.2) is 52.3 Å². The fourth-order valence-electron chi connectivity index (χ4n) is 2.73. The Bertz CT molecular complexity index is 1270. The minimum Gasteiger partial charge on any atom is -0.467 e. The molecule has 2 fully saturated rings. The van der Waals surface area contributed by atoms with Gasteiger partial charge in [-0.1, -0.05) is 27.8 Å². The van der Waals surface area contributed by atoms with Crippen molar-refractivity contribution in [3.05, 3.63) is 39.0 Å².